The first-order valence-corrected chi connectivity index (χ1v) is 12.2. The van der Waals surface area contributed by atoms with Crippen LogP contribution in [-0.2, 0) is 14.6 Å². The van der Waals surface area contributed by atoms with E-state index in [2.05, 4.69) is 0 Å². The molecule has 0 saturated carbocycles. The maximum Gasteiger partial charge on any atom is 0.338 e. The number of allylic oxidation sites excluding steroid dienone is 1. The Balaban J connectivity index is 1.82. The van der Waals surface area contributed by atoms with Crippen LogP contribution in [0.3, 0.4) is 0 Å². The maximum atomic E-state index is 13.5. The number of benzene rings is 3. The summed E-state index contributed by atoms with van der Waals surface area (Å²) >= 11 is 0. The van der Waals surface area contributed by atoms with Crippen molar-refractivity contribution in [1.82, 2.24) is 0 Å². The molecule has 1 aliphatic rings. The predicted octanol–water partition coefficient (Wildman–Crippen LogP) is 4.53. The molecule has 0 bridgehead atoms. The number of hydrogen-bond donors (Lipinski definition) is 0. The van der Waals surface area contributed by atoms with Crippen molar-refractivity contribution in [1.29, 1.82) is 0 Å². The summed E-state index contributed by atoms with van der Waals surface area (Å²) in [4.78, 5) is 26.7. The van der Waals surface area contributed by atoms with Crippen LogP contribution in [0.25, 0.3) is 0 Å². The molecule has 8 nitrogen and oxygen atoms in total. The number of carbonyl (C=O) groups excluding carboxylic acids is 2. The van der Waals surface area contributed by atoms with Crippen molar-refractivity contribution < 1.29 is 32.2 Å². The molecule has 0 amide bonds. The van der Waals surface area contributed by atoms with E-state index in [1.165, 1.54) is 38.6 Å². The monoisotopic (exact) mass is 493 g/mol. The minimum Gasteiger partial charge on any atom is -0.493 e. The molecule has 0 unspecified atom stereocenters. The highest BCUT2D eigenvalue weighted by Crippen LogP contribution is 2.41. The zero-order valence-corrected chi connectivity index (χ0v) is 20.2. The number of ether oxygens (including phenoxy) is 3. The highest BCUT2D eigenvalue weighted by molar-refractivity contribution is 7.96. The minimum atomic E-state index is -4.11. The van der Waals surface area contributed by atoms with Crippen molar-refractivity contribution in [3.05, 3.63) is 89.0 Å². The van der Waals surface area contributed by atoms with Crippen molar-refractivity contribution in [2.75, 3.05) is 25.7 Å². The van der Waals surface area contributed by atoms with Crippen LogP contribution in [0.5, 0.6) is 11.5 Å². The fourth-order valence-electron chi connectivity index (χ4n) is 3.74. The molecule has 0 N–H and O–H groups in total. The third-order valence-electron chi connectivity index (χ3n) is 5.48. The van der Waals surface area contributed by atoms with Gasteiger partial charge in [0, 0.05) is 17.5 Å². The van der Waals surface area contributed by atoms with Gasteiger partial charge in [0.2, 0.25) is 15.6 Å². The Kier molecular flexibility index (Phi) is 6.61. The Bertz CT molecular complexity index is 1430. The average molecular weight is 494 g/mol. The van der Waals surface area contributed by atoms with Gasteiger partial charge in [-0.1, -0.05) is 12.1 Å². The van der Waals surface area contributed by atoms with Crippen molar-refractivity contribution in [3.8, 4) is 11.5 Å². The fourth-order valence-corrected chi connectivity index (χ4v) is 5.29. The molecule has 0 radical (unpaired) electrons. The number of fused-ring (bicyclic) bond motifs is 1. The molecule has 3 aromatic carbocycles. The highest BCUT2D eigenvalue weighted by atomic mass is 32.2. The van der Waals surface area contributed by atoms with Gasteiger partial charge in [0.1, 0.15) is 4.91 Å². The lowest BCUT2D eigenvalue weighted by Crippen LogP contribution is -2.25. The Hall–Kier alpha value is -4.11. The summed E-state index contributed by atoms with van der Waals surface area (Å²) in [6.45, 7) is 1.97. The summed E-state index contributed by atoms with van der Waals surface area (Å²) < 4.78 is 42.4. The third-order valence-corrected chi connectivity index (χ3v) is 7.27. The molecule has 4 rings (SSSR count). The van der Waals surface area contributed by atoms with E-state index in [-0.39, 0.29) is 17.1 Å². The fraction of sp³-hybridized carbons (Fsp3) is 0.154. The number of esters is 1. The van der Waals surface area contributed by atoms with Crippen LogP contribution in [0.15, 0.2) is 82.7 Å². The summed E-state index contributed by atoms with van der Waals surface area (Å²) in [5.41, 5.74) is 1.45. The molecule has 9 heteroatoms. The van der Waals surface area contributed by atoms with E-state index in [1.807, 2.05) is 0 Å². The Labute approximate surface area is 203 Å². The van der Waals surface area contributed by atoms with Gasteiger partial charge < -0.3 is 19.1 Å². The molecule has 0 saturated heterocycles. The molecule has 3 aromatic rings. The quantitative estimate of drug-likeness (QED) is 0.350. The number of Topliss-reactive ketones (excluding diaryl/α,β-unsaturated/α-hetero) is 1. The summed E-state index contributed by atoms with van der Waals surface area (Å²) in [6.07, 6.45) is 1.30. The highest BCUT2D eigenvalue weighted by Gasteiger charge is 2.36. The van der Waals surface area contributed by atoms with Gasteiger partial charge in [0.05, 0.1) is 37.0 Å². The molecule has 0 fully saturated rings. The van der Waals surface area contributed by atoms with E-state index in [0.29, 0.717) is 28.4 Å². The summed E-state index contributed by atoms with van der Waals surface area (Å²) in [5.74, 6) is -0.425. The lowest BCUT2D eigenvalue weighted by atomic mass is 10.1. The van der Waals surface area contributed by atoms with Crippen LogP contribution >= 0.6 is 0 Å². The standard InChI is InChI=1S/C26H23NO7S/c1-4-34-26(29)17-9-12-19(13-10-17)27-16-24(35(30,31)23-8-6-5-7-20(23)27)25(28)18-11-14-21(32-2)22(15-18)33-3/h5-16H,4H2,1-3H3. The Morgan fingerprint density at radius 2 is 1.51 bits per heavy atom. The second kappa shape index (κ2) is 9.63. The number of hydrogen-bond acceptors (Lipinski definition) is 8. The Morgan fingerprint density at radius 3 is 2.17 bits per heavy atom. The number of methoxy groups -OCH3 is 2. The van der Waals surface area contributed by atoms with Crippen LogP contribution in [0, 0.1) is 0 Å². The van der Waals surface area contributed by atoms with Crippen LogP contribution in [0.1, 0.15) is 27.6 Å². The molecule has 0 aromatic heterocycles. The van der Waals surface area contributed by atoms with Gasteiger partial charge in [-0.05, 0) is 61.5 Å². The van der Waals surface area contributed by atoms with Gasteiger partial charge in [-0.15, -0.1) is 0 Å². The van der Waals surface area contributed by atoms with Crippen molar-refractivity contribution >= 4 is 33.0 Å². The van der Waals surface area contributed by atoms with E-state index in [4.69, 9.17) is 14.2 Å². The van der Waals surface area contributed by atoms with E-state index >= 15 is 0 Å². The van der Waals surface area contributed by atoms with E-state index in [9.17, 15) is 18.0 Å². The van der Waals surface area contributed by atoms with Crippen LogP contribution < -0.4 is 14.4 Å². The molecule has 0 spiro atoms. The lowest BCUT2D eigenvalue weighted by Gasteiger charge is -2.29. The number of nitrogens with zero attached hydrogens (tertiary/aromatic N) is 1. The Morgan fingerprint density at radius 1 is 0.857 bits per heavy atom. The maximum absolute atomic E-state index is 13.5. The average Bonchev–Trinajstić information content (AvgIpc) is 2.88. The molecule has 35 heavy (non-hydrogen) atoms. The first-order chi connectivity index (χ1) is 16.8. The number of ketones is 1. The zero-order chi connectivity index (χ0) is 25.2. The third kappa shape index (κ3) is 4.38. The molecular formula is C26H23NO7S. The number of carbonyl (C=O) groups is 2. The molecule has 1 aliphatic heterocycles. The number of rotatable bonds is 7. The number of anilines is 2. The van der Waals surface area contributed by atoms with Gasteiger partial charge in [-0.3, -0.25) is 4.79 Å². The molecule has 0 aliphatic carbocycles. The molecular weight excluding hydrogens is 470 g/mol. The number of para-hydroxylation sites is 1. The van der Waals surface area contributed by atoms with E-state index in [0.717, 1.165) is 0 Å². The first kappa shape index (κ1) is 24.0. The SMILES string of the molecule is CCOC(=O)c1ccc(N2C=C(C(=O)c3ccc(OC)c(OC)c3)S(=O)(=O)c3ccccc32)cc1. The molecule has 1 heterocycles. The van der Waals surface area contributed by atoms with Gasteiger partial charge in [0.25, 0.3) is 0 Å². The van der Waals surface area contributed by atoms with Crippen LogP contribution in [-0.4, -0.2) is 41.0 Å². The smallest absolute Gasteiger partial charge is 0.338 e. The van der Waals surface area contributed by atoms with Crippen LogP contribution in [0.4, 0.5) is 11.4 Å². The summed E-state index contributed by atoms with van der Waals surface area (Å²) in [5, 5.41) is 0. The van der Waals surface area contributed by atoms with Gasteiger partial charge in [-0.25, -0.2) is 13.2 Å². The van der Waals surface area contributed by atoms with Crippen molar-refractivity contribution in [2.24, 2.45) is 0 Å². The minimum absolute atomic E-state index is 0.000737. The molecule has 180 valence electrons. The van der Waals surface area contributed by atoms with Crippen LogP contribution in [0.2, 0.25) is 0 Å². The molecule has 0 atom stereocenters. The second-order valence-electron chi connectivity index (χ2n) is 7.50. The second-order valence-corrected chi connectivity index (χ2v) is 9.39. The first-order valence-electron chi connectivity index (χ1n) is 10.7. The summed E-state index contributed by atoms with van der Waals surface area (Å²) in [7, 11) is -1.21. The van der Waals surface area contributed by atoms with E-state index < -0.39 is 26.5 Å². The summed E-state index contributed by atoms with van der Waals surface area (Å²) in [6, 6.07) is 17.4. The zero-order valence-electron chi connectivity index (χ0n) is 19.3. The van der Waals surface area contributed by atoms with Gasteiger partial charge >= 0.3 is 5.97 Å². The van der Waals surface area contributed by atoms with E-state index in [1.54, 1.807) is 60.4 Å². The number of sulfone groups is 1. The largest absolute Gasteiger partial charge is 0.493 e. The van der Waals surface area contributed by atoms with Crippen molar-refractivity contribution in [2.45, 2.75) is 11.8 Å². The topological polar surface area (TPSA) is 99.2 Å². The predicted molar refractivity (Wildman–Crippen MR) is 130 cm³/mol. The van der Waals surface area contributed by atoms with Crippen molar-refractivity contribution in [3.63, 3.8) is 0 Å². The lowest BCUT2D eigenvalue weighted by molar-refractivity contribution is 0.0526. The van der Waals surface area contributed by atoms with Gasteiger partial charge in [-0.2, -0.15) is 0 Å². The normalized spacial score (nSPS) is 13.9. The van der Waals surface area contributed by atoms with Gasteiger partial charge in [0.15, 0.2) is 11.5 Å².